The molecule has 0 spiro atoms. The number of esters is 1. The van der Waals surface area contributed by atoms with Gasteiger partial charge < -0.3 is 10.1 Å². The fraction of sp³-hybridized carbons (Fsp3) is 0.385. The first-order chi connectivity index (χ1) is 9.19. The highest BCUT2D eigenvalue weighted by molar-refractivity contribution is 5.90. The number of benzene rings is 1. The minimum Gasteiger partial charge on any atom is -0.466 e. The summed E-state index contributed by atoms with van der Waals surface area (Å²) in [5.41, 5.74) is 0.590. The number of rotatable bonds is 2. The Morgan fingerprint density at radius 1 is 1.63 bits per heavy atom. The van der Waals surface area contributed by atoms with Crippen LogP contribution in [-0.4, -0.2) is 28.9 Å². The fourth-order valence-corrected chi connectivity index (χ4v) is 2.34. The third kappa shape index (κ3) is 2.03. The van der Waals surface area contributed by atoms with E-state index in [9.17, 15) is 9.18 Å². The van der Waals surface area contributed by atoms with Gasteiger partial charge >= 0.3 is 5.97 Å². The van der Waals surface area contributed by atoms with Crippen molar-refractivity contribution in [1.29, 1.82) is 0 Å². The molecular weight excluding hydrogens is 249 g/mol. The summed E-state index contributed by atoms with van der Waals surface area (Å²) in [6.07, 6.45) is 0. The number of anilines is 1. The Morgan fingerprint density at radius 3 is 3.26 bits per heavy atom. The molecule has 19 heavy (non-hydrogen) atoms. The van der Waals surface area contributed by atoms with Crippen molar-refractivity contribution >= 4 is 22.7 Å². The van der Waals surface area contributed by atoms with Crippen molar-refractivity contribution in [2.45, 2.75) is 13.5 Å². The number of nitrogens with zero attached hydrogens (tertiary/aromatic N) is 2. The minimum atomic E-state index is -0.315. The lowest BCUT2D eigenvalue weighted by atomic mass is 10.1. The van der Waals surface area contributed by atoms with Crippen molar-refractivity contribution in [2.75, 3.05) is 18.5 Å². The second-order valence-electron chi connectivity index (χ2n) is 4.52. The number of nitrogens with one attached hydrogen (secondary N) is 1. The number of fused-ring (bicyclic) bond motifs is 3. The van der Waals surface area contributed by atoms with Gasteiger partial charge in [0.1, 0.15) is 11.6 Å². The smallest absolute Gasteiger partial charge is 0.312 e. The first kappa shape index (κ1) is 12.0. The topological polar surface area (TPSA) is 56.1 Å². The predicted octanol–water partition coefficient (Wildman–Crippen LogP) is 1.78. The van der Waals surface area contributed by atoms with Crippen molar-refractivity contribution in [3.05, 3.63) is 24.0 Å². The van der Waals surface area contributed by atoms with E-state index in [1.54, 1.807) is 17.7 Å². The van der Waals surface area contributed by atoms with Gasteiger partial charge in [-0.3, -0.25) is 4.79 Å². The van der Waals surface area contributed by atoms with Crippen molar-refractivity contribution in [1.82, 2.24) is 9.78 Å². The van der Waals surface area contributed by atoms with Crippen LogP contribution in [0.4, 0.5) is 10.2 Å². The molecule has 5 nitrogen and oxygen atoms in total. The summed E-state index contributed by atoms with van der Waals surface area (Å²) in [6, 6.07) is 4.49. The van der Waals surface area contributed by atoms with Gasteiger partial charge in [0, 0.05) is 18.0 Å². The monoisotopic (exact) mass is 263 g/mol. The molecule has 0 radical (unpaired) electrons. The molecule has 0 saturated carbocycles. The summed E-state index contributed by atoms with van der Waals surface area (Å²) in [7, 11) is 0. The quantitative estimate of drug-likeness (QED) is 0.839. The average molecular weight is 263 g/mol. The molecule has 0 amide bonds. The molecule has 2 aromatic rings. The van der Waals surface area contributed by atoms with E-state index in [4.69, 9.17) is 4.74 Å². The first-order valence-electron chi connectivity index (χ1n) is 6.25. The van der Waals surface area contributed by atoms with Gasteiger partial charge in [-0.15, -0.1) is 0 Å². The number of halogens is 1. The number of hydrogen-bond donors (Lipinski definition) is 1. The van der Waals surface area contributed by atoms with Crippen LogP contribution in [0.3, 0.4) is 0 Å². The molecule has 0 aliphatic carbocycles. The lowest BCUT2D eigenvalue weighted by molar-refractivity contribution is -0.148. The lowest BCUT2D eigenvalue weighted by Crippen LogP contribution is -2.34. The molecule has 1 aromatic carbocycles. The summed E-state index contributed by atoms with van der Waals surface area (Å²) >= 11 is 0. The lowest BCUT2D eigenvalue weighted by Gasteiger charge is -2.23. The molecular formula is C13H14FN3O2. The van der Waals surface area contributed by atoms with Crippen LogP contribution in [0.5, 0.6) is 0 Å². The van der Waals surface area contributed by atoms with Crippen molar-refractivity contribution in [2.24, 2.45) is 5.92 Å². The second-order valence-corrected chi connectivity index (χ2v) is 4.52. The van der Waals surface area contributed by atoms with Crippen molar-refractivity contribution in [3.8, 4) is 0 Å². The molecule has 2 heterocycles. The van der Waals surface area contributed by atoms with Gasteiger partial charge in [-0.2, -0.15) is 5.10 Å². The van der Waals surface area contributed by atoms with Gasteiger partial charge in [0.2, 0.25) is 0 Å². The van der Waals surface area contributed by atoms with Crippen LogP contribution >= 0.6 is 0 Å². The largest absolute Gasteiger partial charge is 0.466 e. The number of carbonyl (C=O) groups excluding carboxylic acids is 1. The van der Waals surface area contributed by atoms with Gasteiger partial charge in [0.05, 0.1) is 24.6 Å². The maximum atomic E-state index is 13.2. The molecule has 0 fully saturated rings. The van der Waals surface area contributed by atoms with E-state index in [0.717, 1.165) is 11.2 Å². The normalized spacial score (nSPS) is 17.9. The van der Waals surface area contributed by atoms with Gasteiger partial charge in [0.25, 0.3) is 0 Å². The maximum absolute atomic E-state index is 13.2. The van der Waals surface area contributed by atoms with Crippen LogP contribution in [0.25, 0.3) is 10.9 Å². The number of hydrogen-bond acceptors (Lipinski definition) is 4. The Hall–Kier alpha value is -2.11. The van der Waals surface area contributed by atoms with Crippen LogP contribution < -0.4 is 5.32 Å². The molecule has 1 N–H and O–H groups in total. The van der Waals surface area contributed by atoms with E-state index >= 15 is 0 Å². The zero-order valence-corrected chi connectivity index (χ0v) is 10.5. The molecule has 0 bridgehead atoms. The Morgan fingerprint density at radius 2 is 2.47 bits per heavy atom. The van der Waals surface area contributed by atoms with Crippen molar-refractivity contribution in [3.63, 3.8) is 0 Å². The summed E-state index contributed by atoms with van der Waals surface area (Å²) in [5, 5.41) is 8.35. The molecule has 0 saturated heterocycles. The summed E-state index contributed by atoms with van der Waals surface area (Å²) in [4.78, 5) is 11.7. The molecule has 3 rings (SSSR count). The van der Waals surface area contributed by atoms with Crippen LogP contribution in [0, 0.1) is 11.7 Å². The zero-order chi connectivity index (χ0) is 13.4. The Bertz CT molecular complexity index is 638. The summed E-state index contributed by atoms with van der Waals surface area (Å²) in [5.74, 6) is 0.0263. The average Bonchev–Trinajstić information content (AvgIpc) is 2.75. The van der Waals surface area contributed by atoms with Gasteiger partial charge in [0.15, 0.2) is 0 Å². The van der Waals surface area contributed by atoms with E-state index in [-0.39, 0.29) is 17.7 Å². The highest BCUT2D eigenvalue weighted by Crippen LogP contribution is 2.28. The van der Waals surface area contributed by atoms with Gasteiger partial charge in [-0.25, -0.2) is 9.07 Å². The third-order valence-electron chi connectivity index (χ3n) is 3.23. The maximum Gasteiger partial charge on any atom is 0.312 e. The predicted molar refractivity (Wildman–Crippen MR) is 68.3 cm³/mol. The highest BCUT2D eigenvalue weighted by atomic mass is 19.1. The highest BCUT2D eigenvalue weighted by Gasteiger charge is 2.27. The van der Waals surface area contributed by atoms with Gasteiger partial charge in [-0.1, -0.05) is 0 Å². The van der Waals surface area contributed by atoms with Gasteiger partial charge in [-0.05, 0) is 19.1 Å². The molecule has 6 heteroatoms. The van der Waals surface area contributed by atoms with Crippen LogP contribution in [-0.2, 0) is 16.1 Å². The van der Waals surface area contributed by atoms with E-state index in [1.165, 1.54) is 12.1 Å². The van der Waals surface area contributed by atoms with E-state index in [1.807, 2.05) is 0 Å². The number of aromatic nitrogens is 2. The van der Waals surface area contributed by atoms with Crippen molar-refractivity contribution < 1.29 is 13.9 Å². The molecule has 1 aliphatic rings. The summed E-state index contributed by atoms with van der Waals surface area (Å²) < 4.78 is 19.9. The Balaban J connectivity index is 1.93. The number of ether oxygens (including phenoxy) is 1. The molecule has 1 aliphatic heterocycles. The fourth-order valence-electron chi connectivity index (χ4n) is 2.34. The van der Waals surface area contributed by atoms with E-state index < -0.39 is 0 Å². The zero-order valence-electron chi connectivity index (χ0n) is 10.5. The molecule has 1 aromatic heterocycles. The first-order valence-corrected chi connectivity index (χ1v) is 6.25. The Labute approximate surface area is 109 Å². The van der Waals surface area contributed by atoms with Crippen LogP contribution in [0.1, 0.15) is 6.92 Å². The molecule has 100 valence electrons. The molecule has 1 atom stereocenters. The van der Waals surface area contributed by atoms with E-state index in [0.29, 0.717) is 25.2 Å². The van der Waals surface area contributed by atoms with Crippen LogP contribution in [0.2, 0.25) is 0 Å². The number of carbonyl (C=O) groups is 1. The standard InChI is InChI=1S/C13H14FN3O2/c1-2-19-13(18)8-6-15-12-10-4-3-9(14)5-11(10)16-17(12)7-8/h3-5,8,15H,2,6-7H2,1H3. The second kappa shape index (κ2) is 4.53. The summed E-state index contributed by atoms with van der Waals surface area (Å²) in [6.45, 7) is 3.12. The SMILES string of the molecule is CCOC(=O)C1CNc2c3ccc(F)cc3nn2C1. The van der Waals surface area contributed by atoms with E-state index in [2.05, 4.69) is 10.4 Å². The van der Waals surface area contributed by atoms with Crippen LogP contribution in [0.15, 0.2) is 18.2 Å². The minimum absolute atomic E-state index is 0.230. The Kier molecular flexibility index (Phi) is 2.85. The third-order valence-corrected chi connectivity index (χ3v) is 3.23. The molecule has 1 unspecified atom stereocenters.